The molecule has 0 spiro atoms. The van der Waals surface area contributed by atoms with Gasteiger partial charge in [0, 0.05) is 38.1 Å². The van der Waals surface area contributed by atoms with Crippen molar-refractivity contribution in [3.8, 4) is 0 Å². The van der Waals surface area contributed by atoms with Gasteiger partial charge in [-0.15, -0.1) is 0 Å². The molecule has 1 N–H and O–H groups in total. The molecule has 0 radical (unpaired) electrons. The zero-order valence-electron chi connectivity index (χ0n) is 16.4. The summed E-state index contributed by atoms with van der Waals surface area (Å²) in [6.07, 6.45) is 2.46. The number of carbonyl (C=O) groups is 2. The molecule has 8 heteroatoms. The Bertz CT molecular complexity index is 839. The van der Waals surface area contributed by atoms with Crippen molar-refractivity contribution >= 4 is 40.9 Å². The van der Waals surface area contributed by atoms with Crippen molar-refractivity contribution in [3.63, 3.8) is 0 Å². The number of amides is 2. The largest absolute Gasteiger partial charge is 0.339 e. The van der Waals surface area contributed by atoms with Crippen LogP contribution in [0.2, 0.25) is 5.02 Å². The number of anilines is 1. The van der Waals surface area contributed by atoms with Crippen LogP contribution in [0.1, 0.15) is 12.5 Å². The molecule has 0 bridgehead atoms. The Morgan fingerprint density at radius 3 is 2.59 bits per heavy atom. The molecule has 1 aliphatic heterocycles. The molecular formula is C21H25ClN4O2S. The molecule has 0 aliphatic carbocycles. The van der Waals surface area contributed by atoms with Crippen molar-refractivity contribution in [2.75, 3.05) is 43.8 Å². The van der Waals surface area contributed by atoms with Gasteiger partial charge in [0.2, 0.25) is 11.8 Å². The number of nitrogens with zero attached hydrogens (tertiary/aromatic N) is 3. The second kappa shape index (κ2) is 10.6. The van der Waals surface area contributed by atoms with E-state index in [0.29, 0.717) is 43.5 Å². The molecule has 1 aromatic heterocycles. The van der Waals surface area contributed by atoms with Gasteiger partial charge in [-0.1, -0.05) is 48.5 Å². The second-order valence-corrected chi connectivity index (χ2v) is 8.25. The molecule has 2 amide bonds. The Morgan fingerprint density at radius 2 is 1.90 bits per heavy atom. The summed E-state index contributed by atoms with van der Waals surface area (Å²) in [5, 5.41) is 4.37. The Morgan fingerprint density at radius 1 is 1.14 bits per heavy atom. The zero-order chi connectivity index (χ0) is 20.6. The van der Waals surface area contributed by atoms with Crippen LogP contribution < -0.4 is 5.32 Å². The summed E-state index contributed by atoms with van der Waals surface area (Å²) < 4.78 is 0. The molecule has 0 saturated carbocycles. The quantitative estimate of drug-likeness (QED) is 0.681. The lowest BCUT2D eigenvalue weighted by molar-refractivity contribution is -0.130. The summed E-state index contributed by atoms with van der Waals surface area (Å²) >= 11 is 7.23. The normalized spacial score (nSPS) is 14.6. The Kier molecular flexibility index (Phi) is 7.91. The fourth-order valence-corrected chi connectivity index (χ4v) is 4.03. The minimum Gasteiger partial charge on any atom is -0.339 e. The molecule has 1 saturated heterocycles. The molecule has 1 aromatic carbocycles. The summed E-state index contributed by atoms with van der Waals surface area (Å²) in [5.41, 5.74) is 2.01. The number of para-hydroxylation sites is 1. The van der Waals surface area contributed by atoms with E-state index in [1.807, 2.05) is 35.2 Å². The predicted octanol–water partition coefficient (Wildman–Crippen LogP) is 3.17. The van der Waals surface area contributed by atoms with Crippen molar-refractivity contribution < 1.29 is 9.59 Å². The lowest BCUT2D eigenvalue weighted by Gasteiger charge is -2.34. The van der Waals surface area contributed by atoms with Crippen LogP contribution in [-0.2, 0) is 16.0 Å². The first kappa shape index (κ1) is 21.6. The van der Waals surface area contributed by atoms with Crippen LogP contribution in [0.25, 0.3) is 0 Å². The van der Waals surface area contributed by atoms with Gasteiger partial charge in [-0.25, -0.2) is 4.98 Å². The van der Waals surface area contributed by atoms with Crippen LogP contribution in [0.3, 0.4) is 0 Å². The van der Waals surface area contributed by atoms with Gasteiger partial charge in [-0.2, -0.15) is 0 Å². The van der Waals surface area contributed by atoms with Crippen molar-refractivity contribution in [1.82, 2.24) is 14.8 Å². The molecule has 3 rings (SSSR count). The average Bonchev–Trinajstić information content (AvgIpc) is 2.74. The maximum atomic E-state index is 12.4. The molecule has 1 fully saturated rings. The molecule has 2 heterocycles. The maximum absolute atomic E-state index is 12.4. The number of hydrogen-bond acceptors (Lipinski definition) is 5. The number of halogens is 1. The van der Waals surface area contributed by atoms with Crippen molar-refractivity contribution in [3.05, 3.63) is 53.2 Å². The third-order valence-electron chi connectivity index (χ3n) is 4.81. The summed E-state index contributed by atoms with van der Waals surface area (Å²) in [7, 11) is 0. The Labute approximate surface area is 180 Å². The number of aryl methyl sites for hydroxylation is 1. The maximum Gasteiger partial charge on any atom is 0.238 e. The molecule has 0 unspecified atom stereocenters. The van der Waals surface area contributed by atoms with Crippen LogP contribution >= 0.6 is 23.4 Å². The number of piperazine rings is 1. The third-order valence-corrected chi connectivity index (χ3v) is 5.96. The van der Waals surface area contributed by atoms with E-state index in [9.17, 15) is 9.59 Å². The van der Waals surface area contributed by atoms with Gasteiger partial charge in [-0.3, -0.25) is 14.5 Å². The van der Waals surface area contributed by atoms with E-state index in [4.69, 9.17) is 11.6 Å². The number of carbonyl (C=O) groups excluding carboxylic acids is 2. The zero-order valence-corrected chi connectivity index (χ0v) is 18.0. The van der Waals surface area contributed by atoms with Crippen molar-refractivity contribution in [2.24, 2.45) is 0 Å². The number of rotatable bonds is 7. The van der Waals surface area contributed by atoms with E-state index < -0.39 is 0 Å². The van der Waals surface area contributed by atoms with Gasteiger partial charge < -0.3 is 10.2 Å². The van der Waals surface area contributed by atoms with Gasteiger partial charge >= 0.3 is 0 Å². The molecule has 29 heavy (non-hydrogen) atoms. The fourth-order valence-electron chi connectivity index (χ4n) is 3.17. The summed E-state index contributed by atoms with van der Waals surface area (Å²) in [6.45, 7) is 5.06. The summed E-state index contributed by atoms with van der Waals surface area (Å²) in [6, 6.07) is 11.4. The first-order valence-corrected chi connectivity index (χ1v) is 11.0. The number of hydrogen-bond donors (Lipinski definition) is 1. The molecular weight excluding hydrogens is 408 g/mol. The first-order valence-electron chi connectivity index (χ1n) is 9.67. The van der Waals surface area contributed by atoms with Crippen LogP contribution in [0.5, 0.6) is 0 Å². The minimum absolute atomic E-state index is 0.0185. The van der Waals surface area contributed by atoms with Crippen LogP contribution in [0.15, 0.2) is 47.6 Å². The van der Waals surface area contributed by atoms with Crippen LogP contribution in [0.4, 0.5) is 5.69 Å². The number of aromatic nitrogens is 1. The van der Waals surface area contributed by atoms with Gasteiger partial charge in [0.05, 0.1) is 22.3 Å². The van der Waals surface area contributed by atoms with E-state index in [-0.39, 0.29) is 11.8 Å². The van der Waals surface area contributed by atoms with Crippen molar-refractivity contribution in [2.45, 2.75) is 18.4 Å². The van der Waals surface area contributed by atoms with Crippen LogP contribution in [0, 0.1) is 0 Å². The Hall–Kier alpha value is -2.09. The second-order valence-electron chi connectivity index (χ2n) is 6.82. The Balaban J connectivity index is 1.41. The highest BCUT2D eigenvalue weighted by Gasteiger charge is 2.22. The summed E-state index contributed by atoms with van der Waals surface area (Å²) in [4.78, 5) is 33.0. The topological polar surface area (TPSA) is 65.5 Å². The van der Waals surface area contributed by atoms with E-state index in [0.717, 1.165) is 22.7 Å². The molecule has 1 aliphatic rings. The molecule has 0 atom stereocenters. The highest BCUT2D eigenvalue weighted by atomic mass is 35.5. The fraction of sp³-hybridized carbons (Fsp3) is 0.381. The van der Waals surface area contributed by atoms with Gasteiger partial charge in [0.15, 0.2) is 0 Å². The van der Waals surface area contributed by atoms with Gasteiger partial charge in [0.25, 0.3) is 0 Å². The smallest absolute Gasteiger partial charge is 0.238 e. The lowest BCUT2D eigenvalue weighted by atomic mass is 10.1. The standard InChI is InChI=1S/C21H25ClN4O2S/c1-2-16-5-3-4-6-18(16)24-19(27)14-25-9-11-26(12-10-25)21(28)15-29-20-8-7-17(22)13-23-20/h3-8,13H,2,9-12,14-15H2,1H3,(H,24,27). The van der Waals surface area contributed by atoms with Crippen molar-refractivity contribution in [1.29, 1.82) is 0 Å². The van der Waals surface area contributed by atoms with Gasteiger partial charge in [-0.05, 0) is 30.2 Å². The highest BCUT2D eigenvalue weighted by Crippen LogP contribution is 2.18. The van der Waals surface area contributed by atoms with E-state index in [2.05, 4.69) is 22.1 Å². The van der Waals surface area contributed by atoms with Crippen LogP contribution in [-0.4, -0.2) is 65.1 Å². The number of benzene rings is 1. The average molecular weight is 433 g/mol. The molecule has 6 nitrogen and oxygen atoms in total. The number of nitrogens with one attached hydrogen (secondary N) is 1. The third kappa shape index (κ3) is 6.45. The molecule has 154 valence electrons. The lowest BCUT2D eigenvalue weighted by Crippen LogP contribution is -2.50. The predicted molar refractivity (Wildman–Crippen MR) is 117 cm³/mol. The van der Waals surface area contributed by atoms with Gasteiger partial charge in [0.1, 0.15) is 0 Å². The summed E-state index contributed by atoms with van der Waals surface area (Å²) in [5.74, 6) is 0.422. The number of pyridine rings is 1. The van der Waals surface area contributed by atoms with E-state index in [1.54, 1.807) is 12.3 Å². The first-order chi connectivity index (χ1) is 14.0. The number of thioether (sulfide) groups is 1. The van der Waals surface area contributed by atoms with E-state index in [1.165, 1.54) is 11.8 Å². The minimum atomic E-state index is -0.0185. The highest BCUT2D eigenvalue weighted by molar-refractivity contribution is 7.99. The van der Waals surface area contributed by atoms with E-state index >= 15 is 0 Å². The monoisotopic (exact) mass is 432 g/mol. The SMILES string of the molecule is CCc1ccccc1NC(=O)CN1CCN(C(=O)CSc2ccc(Cl)cn2)CC1. The molecule has 2 aromatic rings.